The van der Waals surface area contributed by atoms with Crippen molar-refractivity contribution in [2.24, 2.45) is 5.10 Å². The van der Waals surface area contributed by atoms with Gasteiger partial charge in [0.15, 0.2) is 0 Å². The van der Waals surface area contributed by atoms with Crippen molar-refractivity contribution in [3.05, 3.63) is 58.5 Å². The summed E-state index contributed by atoms with van der Waals surface area (Å²) in [6.45, 7) is 0. The van der Waals surface area contributed by atoms with E-state index in [0.29, 0.717) is 11.4 Å². The predicted octanol–water partition coefficient (Wildman–Crippen LogP) is 2.63. The van der Waals surface area contributed by atoms with Crippen LogP contribution in [0.2, 0.25) is 0 Å². The van der Waals surface area contributed by atoms with Crippen LogP contribution in [-0.4, -0.2) is 11.1 Å². The van der Waals surface area contributed by atoms with Crippen molar-refractivity contribution >= 4 is 17.6 Å². The van der Waals surface area contributed by atoms with E-state index in [9.17, 15) is 10.1 Å². The normalized spacial score (nSPS) is 10.6. The van der Waals surface area contributed by atoms with Crippen molar-refractivity contribution in [1.82, 2.24) is 0 Å². The first-order valence-corrected chi connectivity index (χ1v) is 4.83. The Hall–Kier alpha value is -2.63. The van der Waals surface area contributed by atoms with Crippen molar-refractivity contribution in [1.29, 1.82) is 0 Å². The molecule has 0 saturated heterocycles. The number of hydrazone groups is 1. The molecule has 86 valence electrons. The molecule has 0 saturated carbocycles. The maximum atomic E-state index is 10.7. The number of furan rings is 1. The number of hydrogen-bond acceptors (Lipinski definition) is 5. The van der Waals surface area contributed by atoms with Crippen molar-refractivity contribution in [2.75, 3.05) is 5.43 Å². The van der Waals surface area contributed by atoms with Gasteiger partial charge >= 0.3 is 0 Å². The summed E-state index contributed by atoms with van der Waals surface area (Å²) in [4.78, 5) is 10.2. The van der Waals surface area contributed by atoms with Gasteiger partial charge in [-0.25, -0.2) is 0 Å². The Morgan fingerprint density at radius 3 is 2.82 bits per heavy atom. The minimum absolute atomic E-state index is 0.0240. The Morgan fingerprint density at radius 1 is 1.29 bits per heavy atom. The summed E-state index contributed by atoms with van der Waals surface area (Å²) < 4.78 is 5.03. The van der Waals surface area contributed by atoms with Crippen LogP contribution >= 0.6 is 0 Å². The predicted molar refractivity (Wildman–Crippen MR) is 63.0 cm³/mol. The molecule has 0 aliphatic heterocycles. The number of nitro groups is 1. The van der Waals surface area contributed by atoms with Gasteiger partial charge in [0.25, 0.3) is 5.69 Å². The van der Waals surface area contributed by atoms with E-state index in [0.717, 1.165) is 0 Å². The molecule has 17 heavy (non-hydrogen) atoms. The number of hydrogen-bond donors (Lipinski definition) is 1. The largest absolute Gasteiger partial charge is 0.463 e. The third-order valence-corrected chi connectivity index (χ3v) is 2.02. The molecule has 2 rings (SSSR count). The standard InChI is InChI=1S/C11H9N3O3/c15-14(16)11-6-2-1-5-10(11)13-12-8-9-4-3-7-17-9/h1-8,13H/b12-8-. The molecule has 1 aromatic heterocycles. The van der Waals surface area contributed by atoms with E-state index in [1.54, 1.807) is 30.3 Å². The molecule has 0 radical (unpaired) electrons. The molecule has 0 fully saturated rings. The lowest BCUT2D eigenvalue weighted by molar-refractivity contribution is -0.384. The van der Waals surface area contributed by atoms with E-state index in [4.69, 9.17) is 4.42 Å². The molecule has 1 aromatic carbocycles. The maximum absolute atomic E-state index is 10.7. The Balaban J connectivity index is 2.11. The van der Waals surface area contributed by atoms with Crippen LogP contribution in [0.25, 0.3) is 0 Å². The van der Waals surface area contributed by atoms with Gasteiger partial charge in [0.05, 0.1) is 17.4 Å². The topological polar surface area (TPSA) is 80.7 Å². The highest BCUT2D eigenvalue weighted by molar-refractivity contribution is 5.77. The fourth-order valence-electron chi connectivity index (χ4n) is 1.26. The average Bonchev–Trinajstić information content (AvgIpc) is 2.82. The summed E-state index contributed by atoms with van der Waals surface area (Å²) in [5, 5.41) is 14.6. The van der Waals surface area contributed by atoms with Crippen LogP contribution in [0.4, 0.5) is 11.4 Å². The molecule has 6 heteroatoms. The molecule has 0 atom stereocenters. The molecule has 2 aromatic rings. The first-order valence-electron chi connectivity index (χ1n) is 4.83. The Bertz CT molecular complexity index is 535. The van der Waals surface area contributed by atoms with Gasteiger partial charge < -0.3 is 4.42 Å². The van der Waals surface area contributed by atoms with Crippen LogP contribution in [0.15, 0.2) is 52.2 Å². The number of nitrogens with one attached hydrogen (secondary N) is 1. The number of benzene rings is 1. The zero-order valence-electron chi connectivity index (χ0n) is 8.74. The lowest BCUT2D eigenvalue weighted by Gasteiger charge is -2.00. The van der Waals surface area contributed by atoms with E-state index >= 15 is 0 Å². The minimum Gasteiger partial charge on any atom is -0.463 e. The zero-order valence-corrected chi connectivity index (χ0v) is 8.74. The number of para-hydroxylation sites is 2. The summed E-state index contributed by atoms with van der Waals surface area (Å²) in [6.07, 6.45) is 2.96. The van der Waals surface area contributed by atoms with Crippen LogP contribution in [0, 0.1) is 10.1 Å². The van der Waals surface area contributed by atoms with Gasteiger partial charge in [-0.05, 0) is 18.2 Å². The molecule has 0 amide bonds. The summed E-state index contributed by atoms with van der Waals surface area (Å²) in [6, 6.07) is 9.73. The van der Waals surface area contributed by atoms with Crippen molar-refractivity contribution in [3.8, 4) is 0 Å². The molecule has 0 spiro atoms. The maximum Gasteiger partial charge on any atom is 0.294 e. The van der Waals surface area contributed by atoms with Gasteiger partial charge in [0.1, 0.15) is 11.4 Å². The van der Waals surface area contributed by atoms with Gasteiger partial charge in [-0.3, -0.25) is 15.5 Å². The molecule has 1 N–H and O–H groups in total. The second kappa shape index (κ2) is 4.93. The first-order chi connectivity index (χ1) is 8.27. The van der Waals surface area contributed by atoms with Gasteiger partial charge in [0.2, 0.25) is 0 Å². The van der Waals surface area contributed by atoms with Gasteiger partial charge in [-0.2, -0.15) is 5.10 Å². The number of nitro benzene ring substituents is 1. The first kappa shape index (κ1) is 10.9. The Labute approximate surface area is 96.7 Å². The van der Waals surface area contributed by atoms with Crippen LogP contribution in [0.3, 0.4) is 0 Å². The third-order valence-electron chi connectivity index (χ3n) is 2.02. The van der Waals surface area contributed by atoms with Crippen LogP contribution in [0.1, 0.15) is 5.76 Å². The lowest BCUT2D eigenvalue weighted by Crippen LogP contribution is -1.96. The van der Waals surface area contributed by atoms with E-state index < -0.39 is 4.92 Å². The van der Waals surface area contributed by atoms with Crippen molar-refractivity contribution in [2.45, 2.75) is 0 Å². The zero-order chi connectivity index (χ0) is 12.1. The quantitative estimate of drug-likeness (QED) is 0.498. The molecule has 0 aliphatic carbocycles. The number of rotatable bonds is 4. The van der Waals surface area contributed by atoms with Crippen LogP contribution in [-0.2, 0) is 0 Å². The average molecular weight is 231 g/mol. The highest BCUT2D eigenvalue weighted by atomic mass is 16.6. The summed E-state index contributed by atoms with van der Waals surface area (Å²) in [7, 11) is 0. The van der Waals surface area contributed by atoms with E-state index in [1.165, 1.54) is 18.5 Å². The summed E-state index contributed by atoms with van der Waals surface area (Å²) >= 11 is 0. The Kier molecular flexibility index (Phi) is 3.15. The third kappa shape index (κ3) is 2.69. The second-order valence-electron chi connectivity index (χ2n) is 3.16. The van der Waals surface area contributed by atoms with Gasteiger partial charge in [-0.15, -0.1) is 0 Å². The molecule has 6 nitrogen and oxygen atoms in total. The fraction of sp³-hybridized carbons (Fsp3) is 0. The van der Waals surface area contributed by atoms with Crippen molar-refractivity contribution < 1.29 is 9.34 Å². The summed E-state index contributed by atoms with van der Waals surface area (Å²) in [5.74, 6) is 0.566. The summed E-state index contributed by atoms with van der Waals surface area (Å²) in [5.41, 5.74) is 2.91. The highest BCUT2D eigenvalue weighted by Gasteiger charge is 2.10. The van der Waals surface area contributed by atoms with Crippen molar-refractivity contribution in [3.63, 3.8) is 0 Å². The van der Waals surface area contributed by atoms with Gasteiger partial charge in [-0.1, -0.05) is 12.1 Å². The number of anilines is 1. The molecule has 0 bridgehead atoms. The molecular formula is C11H9N3O3. The highest BCUT2D eigenvalue weighted by Crippen LogP contribution is 2.22. The fourth-order valence-corrected chi connectivity index (χ4v) is 1.26. The molecule has 1 heterocycles. The van der Waals surface area contributed by atoms with Gasteiger partial charge in [0, 0.05) is 6.07 Å². The molecule has 0 unspecified atom stereocenters. The SMILES string of the molecule is O=[N+]([O-])c1ccccc1N/N=C\c1ccco1. The Morgan fingerprint density at radius 2 is 2.12 bits per heavy atom. The van der Waals surface area contributed by atoms with E-state index in [1.807, 2.05) is 0 Å². The minimum atomic E-state index is -0.468. The monoisotopic (exact) mass is 231 g/mol. The lowest BCUT2D eigenvalue weighted by atomic mass is 10.3. The van der Waals surface area contributed by atoms with Crippen LogP contribution in [0.5, 0.6) is 0 Å². The van der Waals surface area contributed by atoms with Crippen LogP contribution < -0.4 is 5.43 Å². The number of nitrogens with zero attached hydrogens (tertiary/aromatic N) is 2. The second-order valence-corrected chi connectivity index (χ2v) is 3.16. The molecular weight excluding hydrogens is 222 g/mol. The molecule has 0 aliphatic rings. The van der Waals surface area contributed by atoms with E-state index in [-0.39, 0.29) is 5.69 Å². The smallest absolute Gasteiger partial charge is 0.294 e. The van der Waals surface area contributed by atoms with E-state index in [2.05, 4.69) is 10.5 Å².